The number of carbonyl (C=O) groups excluding carboxylic acids is 1. The lowest BCUT2D eigenvalue weighted by Gasteiger charge is -2.23. The Balaban J connectivity index is 1.25. The highest BCUT2D eigenvalue weighted by Gasteiger charge is 2.68. The summed E-state index contributed by atoms with van der Waals surface area (Å²) in [6.45, 7) is -0.265. The van der Waals surface area contributed by atoms with Gasteiger partial charge in [-0.05, 0) is 86.4 Å². The number of hydrogen-bond donors (Lipinski definition) is 3. The zero-order chi connectivity index (χ0) is 41.3. The van der Waals surface area contributed by atoms with E-state index in [4.69, 9.17) is 4.98 Å². The molecule has 2 aliphatic carbocycles. The van der Waals surface area contributed by atoms with Crippen molar-refractivity contribution in [2.24, 2.45) is 13.0 Å². The van der Waals surface area contributed by atoms with Crippen LogP contribution in [0.3, 0.4) is 0 Å². The minimum atomic E-state index is -5.06. The van der Waals surface area contributed by atoms with Crippen LogP contribution in [0, 0.1) is 29.4 Å². The van der Waals surface area contributed by atoms with Gasteiger partial charge in [0.1, 0.15) is 29.6 Å². The number of halogens is 7. The van der Waals surface area contributed by atoms with Gasteiger partial charge in [0.15, 0.2) is 11.5 Å². The predicted octanol–water partition coefficient (Wildman–Crippen LogP) is 6.30. The van der Waals surface area contributed by atoms with Gasteiger partial charge in [-0.15, -0.1) is 0 Å². The lowest BCUT2D eigenvalue weighted by atomic mass is 9.93. The monoisotopic (exact) mass is 828 g/mol. The Bertz CT molecular complexity index is 2620. The number of para-hydroxylation sites is 1. The highest BCUT2D eigenvalue weighted by Crippen LogP contribution is 2.68. The van der Waals surface area contributed by atoms with Crippen LogP contribution < -0.4 is 15.4 Å². The Morgan fingerprint density at radius 3 is 2.52 bits per heavy atom. The number of carbonyl (C=O) groups is 1. The fourth-order valence-electron chi connectivity index (χ4n) is 8.13. The van der Waals surface area contributed by atoms with Crippen LogP contribution in [-0.2, 0) is 46.9 Å². The van der Waals surface area contributed by atoms with Crippen LogP contribution in [0.4, 0.5) is 36.6 Å². The number of anilines is 1. The van der Waals surface area contributed by atoms with Crippen LogP contribution in [0.25, 0.3) is 22.0 Å². The van der Waals surface area contributed by atoms with Gasteiger partial charge in [0.2, 0.25) is 15.9 Å². The normalized spacial score (nSPS) is 20.2. The molecule has 1 saturated heterocycles. The molecule has 5 aromatic rings. The van der Waals surface area contributed by atoms with Gasteiger partial charge in [0.25, 0.3) is 5.92 Å². The molecule has 0 bridgehead atoms. The molecule has 304 valence electrons. The van der Waals surface area contributed by atoms with E-state index in [0.29, 0.717) is 32.8 Å². The molecule has 1 amide bonds. The van der Waals surface area contributed by atoms with E-state index in [9.17, 15) is 35.2 Å². The van der Waals surface area contributed by atoms with Crippen LogP contribution >= 0.6 is 0 Å². The summed E-state index contributed by atoms with van der Waals surface area (Å²) in [4.78, 5) is 18.8. The smallest absolute Gasteiger partial charge is 0.346 e. The number of amides is 1. The lowest BCUT2D eigenvalue weighted by molar-refractivity contribution is -0.142. The Labute approximate surface area is 327 Å². The van der Waals surface area contributed by atoms with Crippen LogP contribution in [0.5, 0.6) is 0 Å². The van der Waals surface area contributed by atoms with Gasteiger partial charge in [-0.3, -0.25) is 18.9 Å². The maximum Gasteiger partial charge on any atom is 0.435 e. The average Bonchev–Trinajstić information content (AvgIpc) is 3.69. The molecule has 1 aliphatic heterocycles. The molecule has 3 N–H and O–H groups in total. The minimum absolute atomic E-state index is 0.0262. The first kappa shape index (κ1) is 39.4. The van der Waals surface area contributed by atoms with Gasteiger partial charge in [-0.2, -0.15) is 32.1 Å². The number of benzene rings is 2. The molecule has 4 heterocycles. The van der Waals surface area contributed by atoms with Gasteiger partial charge in [0.05, 0.1) is 29.6 Å². The third-order valence-electron chi connectivity index (χ3n) is 10.6. The van der Waals surface area contributed by atoms with Crippen molar-refractivity contribution in [2.45, 2.75) is 68.7 Å². The summed E-state index contributed by atoms with van der Waals surface area (Å²) in [6.07, 6.45) is -1.79. The molecule has 3 aliphatic rings. The number of sulfonamides is 1. The SMILES string of the molecule is Cn1nc(NS(C)(=O)=O)c2cccc(-c3ccc(C#CC4CCCCN4)nc3[C@H](Cc3cc(F)cc(F)c3)NC(=O)Cn3nc(C(F)(F)F)c4c3C(F)(F)[C@@H]3C[C@H]43)c21. The fourth-order valence-corrected chi connectivity index (χ4v) is 8.63. The molecular formula is C39H35F7N8O3S. The van der Waals surface area contributed by atoms with Gasteiger partial charge >= 0.3 is 6.18 Å². The first-order valence-corrected chi connectivity index (χ1v) is 20.3. The van der Waals surface area contributed by atoms with Crippen molar-refractivity contribution in [1.29, 1.82) is 0 Å². The molecule has 11 nitrogen and oxygen atoms in total. The van der Waals surface area contributed by atoms with Crippen LogP contribution in [-0.4, -0.2) is 57.7 Å². The van der Waals surface area contributed by atoms with Crippen molar-refractivity contribution < 1.29 is 43.9 Å². The number of pyridine rings is 1. The van der Waals surface area contributed by atoms with E-state index in [0.717, 1.165) is 44.2 Å². The summed E-state index contributed by atoms with van der Waals surface area (Å²) in [5, 5.41) is 14.2. The number of rotatable bonds is 9. The molecule has 4 atom stereocenters. The molecule has 2 aromatic carbocycles. The first-order chi connectivity index (χ1) is 27.4. The van der Waals surface area contributed by atoms with E-state index in [1.54, 1.807) is 37.4 Å². The van der Waals surface area contributed by atoms with Crippen LogP contribution in [0.2, 0.25) is 0 Å². The topological polar surface area (TPSA) is 136 Å². The Morgan fingerprint density at radius 2 is 1.83 bits per heavy atom. The van der Waals surface area contributed by atoms with Gasteiger partial charge in [-0.25, -0.2) is 22.2 Å². The maximum atomic E-state index is 15.4. The van der Waals surface area contributed by atoms with E-state index >= 15 is 8.78 Å². The Morgan fingerprint density at radius 1 is 1.07 bits per heavy atom. The second kappa shape index (κ2) is 14.4. The van der Waals surface area contributed by atoms with E-state index in [1.807, 2.05) is 0 Å². The molecule has 3 aromatic heterocycles. The van der Waals surface area contributed by atoms with Crippen LogP contribution in [0.15, 0.2) is 48.5 Å². The number of aromatic nitrogens is 5. The molecule has 58 heavy (non-hydrogen) atoms. The maximum absolute atomic E-state index is 15.4. The molecular weight excluding hydrogens is 794 g/mol. The zero-order valence-electron chi connectivity index (χ0n) is 30.9. The summed E-state index contributed by atoms with van der Waals surface area (Å²) in [5.74, 6) is -2.67. The molecule has 2 fully saturated rings. The Hall–Kier alpha value is -5.48. The lowest BCUT2D eigenvalue weighted by Crippen LogP contribution is -2.35. The Kier molecular flexibility index (Phi) is 9.78. The van der Waals surface area contributed by atoms with Crippen LogP contribution in [0.1, 0.15) is 71.5 Å². The number of alkyl halides is 5. The van der Waals surface area contributed by atoms with Gasteiger partial charge < -0.3 is 10.6 Å². The molecule has 0 radical (unpaired) electrons. The van der Waals surface area contributed by atoms with Gasteiger partial charge in [-0.1, -0.05) is 18.1 Å². The highest BCUT2D eigenvalue weighted by molar-refractivity contribution is 7.92. The van der Waals surface area contributed by atoms with E-state index in [2.05, 4.69) is 37.4 Å². The zero-order valence-corrected chi connectivity index (χ0v) is 31.7. The predicted molar refractivity (Wildman–Crippen MR) is 198 cm³/mol. The third kappa shape index (κ3) is 7.62. The molecule has 1 saturated carbocycles. The second-order valence-electron chi connectivity index (χ2n) is 14.9. The minimum Gasteiger partial charge on any atom is -0.346 e. The summed E-state index contributed by atoms with van der Waals surface area (Å²) in [7, 11) is -2.18. The van der Waals surface area contributed by atoms with Crippen molar-refractivity contribution in [2.75, 3.05) is 17.5 Å². The molecule has 0 spiro atoms. The number of nitrogens with zero attached hydrogens (tertiary/aromatic N) is 5. The van der Waals surface area contributed by atoms with Crippen molar-refractivity contribution in [3.05, 3.63) is 94.1 Å². The summed E-state index contributed by atoms with van der Waals surface area (Å²) in [5.41, 5.74) is -1.44. The molecule has 1 unspecified atom stereocenters. The number of fused-ring (bicyclic) bond motifs is 4. The number of nitrogens with one attached hydrogen (secondary N) is 3. The van der Waals surface area contributed by atoms with E-state index in [1.165, 1.54) is 4.68 Å². The van der Waals surface area contributed by atoms with E-state index in [-0.39, 0.29) is 41.7 Å². The molecule has 19 heteroatoms. The van der Waals surface area contributed by atoms with E-state index < -0.39 is 81.0 Å². The second-order valence-corrected chi connectivity index (χ2v) is 16.6. The summed E-state index contributed by atoms with van der Waals surface area (Å²) in [6, 6.07) is 9.53. The first-order valence-electron chi connectivity index (χ1n) is 18.4. The number of hydrogen-bond acceptors (Lipinski definition) is 7. The third-order valence-corrected chi connectivity index (χ3v) is 11.1. The summed E-state index contributed by atoms with van der Waals surface area (Å²) >= 11 is 0. The number of piperidine rings is 1. The summed E-state index contributed by atoms with van der Waals surface area (Å²) < 4.78 is 131. The average molecular weight is 829 g/mol. The van der Waals surface area contributed by atoms with Crippen molar-refractivity contribution in [1.82, 2.24) is 35.2 Å². The van der Waals surface area contributed by atoms with Crippen molar-refractivity contribution >= 4 is 32.7 Å². The number of aryl methyl sites for hydroxylation is 1. The fraction of sp³-hybridized carbons (Fsp3) is 0.385. The quantitative estimate of drug-likeness (QED) is 0.117. The highest BCUT2D eigenvalue weighted by atomic mass is 32.2. The standard InChI is InChI=1S/C39H35F7N8O3S/c1-53-34-26(7-5-8-27(34)37(51-53)52-58(2,56)57)25-12-11-24(10-9-23-6-3-4-13-47-23)48-33(25)30(16-20-14-21(40)17-22(41)15-20)49-31(55)19-54-36-32(35(50-54)39(44,45)46)28-18-29(28)38(36,42)43/h5,7-8,11-12,14-15,17,23,28-30,47H,3-4,6,13,16,18-19H2,1-2H3,(H,49,55)(H,51,52)/t23?,28-,29+,30-/m0/s1. The van der Waals surface area contributed by atoms with Crippen molar-refractivity contribution in [3.63, 3.8) is 0 Å². The largest absolute Gasteiger partial charge is 0.435 e. The van der Waals surface area contributed by atoms with Gasteiger partial charge in [0, 0.05) is 41.1 Å². The molecule has 8 rings (SSSR count). The van der Waals surface area contributed by atoms with Crippen molar-refractivity contribution in [3.8, 4) is 23.0 Å².